The number of pyridine rings is 1. The summed E-state index contributed by atoms with van der Waals surface area (Å²) in [5.74, 6) is -0.109. The lowest BCUT2D eigenvalue weighted by molar-refractivity contribution is 0.0176. The Morgan fingerprint density at radius 2 is 2.14 bits per heavy atom. The fraction of sp³-hybridized carbons (Fsp3) is 0.375. The van der Waals surface area contributed by atoms with E-state index in [1.165, 1.54) is 6.07 Å². The normalized spacial score (nSPS) is 24.5. The van der Waals surface area contributed by atoms with E-state index in [0.717, 1.165) is 11.9 Å². The Labute approximate surface area is 127 Å². The van der Waals surface area contributed by atoms with E-state index in [4.69, 9.17) is 4.74 Å². The van der Waals surface area contributed by atoms with Gasteiger partial charge in [0.2, 0.25) is 5.56 Å². The molecule has 1 amide bonds. The van der Waals surface area contributed by atoms with Crippen molar-refractivity contribution in [1.29, 1.82) is 0 Å². The highest BCUT2D eigenvalue weighted by atomic mass is 16.5. The number of likely N-dealkylation sites (tertiary alicyclic amines) is 1. The number of H-pyrrole nitrogens is 1. The molecule has 0 radical (unpaired) electrons. The minimum atomic E-state index is -0.256. The number of hydrogen-bond acceptors (Lipinski definition) is 4. The molecule has 4 rings (SSSR count). The monoisotopic (exact) mass is 299 g/mol. The predicted octanol–water partition coefficient (Wildman–Crippen LogP) is 0.341. The zero-order valence-corrected chi connectivity index (χ0v) is 12.0. The van der Waals surface area contributed by atoms with Gasteiger partial charge in [0.15, 0.2) is 0 Å². The number of morpholine rings is 1. The van der Waals surface area contributed by atoms with Crippen LogP contribution in [0.15, 0.2) is 35.1 Å². The lowest BCUT2D eigenvalue weighted by Crippen LogP contribution is -2.47. The number of para-hydroxylation sites is 1. The van der Waals surface area contributed by atoms with Gasteiger partial charge < -0.3 is 19.9 Å². The molecule has 0 aliphatic carbocycles. The van der Waals surface area contributed by atoms with Gasteiger partial charge in [0.05, 0.1) is 24.3 Å². The molecule has 1 aromatic carbocycles. The van der Waals surface area contributed by atoms with E-state index in [1.807, 2.05) is 24.3 Å². The number of carbonyl (C=O) groups is 1. The number of ether oxygens (including phenoxy) is 1. The van der Waals surface area contributed by atoms with E-state index in [0.29, 0.717) is 30.8 Å². The van der Waals surface area contributed by atoms with Gasteiger partial charge in [-0.1, -0.05) is 18.2 Å². The fourth-order valence-corrected chi connectivity index (χ4v) is 3.31. The summed E-state index contributed by atoms with van der Waals surface area (Å²) in [6.07, 6.45) is 0.0472. The highest BCUT2D eigenvalue weighted by Gasteiger charge is 2.38. The molecule has 0 saturated carbocycles. The van der Waals surface area contributed by atoms with Crippen LogP contribution < -0.4 is 10.9 Å². The molecular formula is C16H17N3O3. The lowest BCUT2D eigenvalue weighted by atomic mass is 10.1. The summed E-state index contributed by atoms with van der Waals surface area (Å²) in [5, 5.41) is 4.15. The fourth-order valence-electron chi connectivity index (χ4n) is 3.31. The molecule has 0 bridgehead atoms. The molecule has 2 saturated heterocycles. The molecule has 2 atom stereocenters. The minimum Gasteiger partial charge on any atom is -0.373 e. The third kappa shape index (κ3) is 2.20. The molecule has 3 heterocycles. The summed E-state index contributed by atoms with van der Waals surface area (Å²) in [7, 11) is 0. The zero-order valence-electron chi connectivity index (χ0n) is 12.0. The third-order valence-corrected chi connectivity index (χ3v) is 4.37. The van der Waals surface area contributed by atoms with E-state index in [2.05, 4.69) is 10.3 Å². The Morgan fingerprint density at radius 3 is 3.00 bits per heavy atom. The van der Waals surface area contributed by atoms with Crippen LogP contribution in [-0.2, 0) is 4.74 Å². The summed E-state index contributed by atoms with van der Waals surface area (Å²) >= 11 is 0. The van der Waals surface area contributed by atoms with Crippen molar-refractivity contribution in [1.82, 2.24) is 15.2 Å². The van der Waals surface area contributed by atoms with Crippen molar-refractivity contribution in [3.05, 3.63) is 46.2 Å². The van der Waals surface area contributed by atoms with Crippen molar-refractivity contribution >= 4 is 16.8 Å². The van der Waals surface area contributed by atoms with Crippen molar-refractivity contribution in [3.8, 4) is 0 Å². The van der Waals surface area contributed by atoms with Crippen molar-refractivity contribution in [2.24, 2.45) is 0 Å². The Morgan fingerprint density at radius 1 is 1.27 bits per heavy atom. The molecule has 0 unspecified atom stereocenters. The first kappa shape index (κ1) is 13.5. The highest BCUT2D eigenvalue weighted by molar-refractivity contribution is 6.06. The van der Waals surface area contributed by atoms with Gasteiger partial charge in [-0.15, -0.1) is 0 Å². The van der Waals surface area contributed by atoms with Crippen LogP contribution in [0, 0.1) is 0 Å². The SMILES string of the molecule is O=C(c1cc(=O)[nH]c2ccccc12)N1C[C@@H]2NCCO[C@H]2C1. The molecule has 114 valence electrons. The number of fused-ring (bicyclic) bond motifs is 2. The molecule has 1 aromatic heterocycles. The second kappa shape index (κ2) is 5.23. The number of carbonyl (C=O) groups excluding carboxylic acids is 1. The Kier molecular flexibility index (Phi) is 3.20. The summed E-state index contributed by atoms with van der Waals surface area (Å²) in [4.78, 5) is 29.2. The maximum Gasteiger partial charge on any atom is 0.254 e. The van der Waals surface area contributed by atoms with Crippen LogP contribution in [0.3, 0.4) is 0 Å². The van der Waals surface area contributed by atoms with Crippen LogP contribution >= 0.6 is 0 Å². The number of aromatic nitrogens is 1. The Hall–Kier alpha value is -2.18. The Balaban J connectivity index is 1.70. The summed E-state index contributed by atoms with van der Waals surface area (Å²) < 4.78 is 5.71. The van der Waals surface area contributed by atoms with Gasteiger partial charge in [-0.25, -0.2) is 0 Å². The molecule has 2 fully saturated rings. The Bertz CT molecular complexity index is 772. The van der Waals surface area contributed by atoms with E-state index in [9.17, 15) is 9.59 Å². The highest BCUT2D eigenvalue weighted by Crippen LogP contribution is 2.21. The average molecular weight is 299 g/mol. The third-order valence-electron chi connectivity index (χ3n) is 4.37. The van der Waals surface area contributed by atoms with E-state index in [1.54, 1.807) is 4.90 Å². The van der Waals surface area contributed by atoms with Crippen LogP contribution in [-0.4, -0.2) is 54.2 Å². The minimum absolute atomic E-state index is 0.0472. The van der Waals surface area contributed by atoms with Gasteiger partial charge in [0, 0.05) is 36.6 Å². The van der Waals surface area contributed by atoms with Crippen LogP contribution in [0.25, 0.3) is 10.9 Å². The van der Waals surface area contributed by atoms with Gasteiger partial charge >= 0.3 is 0 Å². The molecule has 2 aliphatic heterocycles. The maximum atomic E-state index is 12.8. The number of nitrogens with zero attached hydrogens (tertiary/aromatic N) is 1. The number of nitrogens with one attached hydrogen (secondary N) is 2. The second-order valence-corrected chi connectivity index (χ2v) is 5.77. The average Bonchev–Trinajstić information content (AvgIpc) is 2.97. The van der Waals surface area contributed by atoms with E-state index >= 15 is 0 Å². The smallest absolute Gasteiger partial charge is 0.254 e. The van der Waals surface area contributed by atoms with Crippen LogP contribution in [0.5, 0.6) is 0 Å². The molecule has 22 heavy (non-hydrogen) atoms. The molecular weight excluding hydrogens is 282 g/mol. The van der Waals surface area contributed by atoms with Crippen LogP contribution in [0.1, 0.15) is 10.4 Å². The number of amides is 1. The van der Waals surface area contributed by atoms with Gasteiger partial charge in [-0.05, 0) is 6.07 Å². The number of benzene rings is 1. The first-order chi connectivity index (χ1) is 10.7. The van der Waals surface area contributed by atoms with Crippen LogP contribution in [0.4, 0.5) is 0 Å². The van der Waals surface area contributed by atoms with Gasteiger partial charge in [-0.3, -0.25) is 9.59 Å². The number of aromatic amines is 1. The van der Waals surface area contributed by atoms with Crippen LogP contribution in [0.2, 0.25) is 0 Å². The van der Waals surface area contributed by atoms with Crippen molar-refractivity contribution in [3.63, 3.8) is 0 Å². The first-order valence-corrected chi connectivity index (χ1v) is 7.49. The molecule has 6 heteroatoms. The largest absolute Gasteiger partial charge is 0.373 e. The molecule has 6 nitrogen and oxygen atoms in total. The predicted molar refractivity (Wildman–Crippen MR) is 82.0 cm³/mol. The second-order valence-electron chi connectivity index (χ2n) is 5.77. The molecule has 0 spiro atoms. The quantitative estimate of drug-likeness (QED) is 0.796. The summed E-state index contributed by atoms with van der Waals surface area (Å²) in [6, 6.07) is 8.95. The summed E-state index contributed by atoms with van der Waals surface area (Å²) in [5.41, 5.74) is 0.885. The van der Waals surface area contributed by atoms with Gasteiger partial charge in [0.1, 0.15) is 0 Å². The van der Waals surface area contributed by atoms with Crippen molar-refractivity contribution in [2.45, 2.75) is 12.1 Å². The zero-order chi connectivity index (χ0) is 15.1. The maximum absolute atomic E-state index is 12.8. The van der Waals surface area contributed by atoms with Gasteiger partial charge in [0.25, 0.3) is 5.91 Å². The number of rotatable bonds is 1. The standard InChI is InChI=1S/C16H17N3O3/c20-15-7-11(10-3-1-2-4-12(10)18-15)16(21)19-8-13-14(9-19)22-6-5-17-13/h1-4,7,13-14,17H,5-6,8-9H2,(H,18,20)/t13-,14-/m0/s1. The molecule has 2 aliphatic rings. The lowest BCUT2D eigenvalue weighted by Gasteiger charge is -2.25. The molecule has 2 aromatic rings. The summed E-state index contributed by atoms with van der Waals surface area (Å²) in [6.45, 7) is 2.68. The molecule has 2 N–H and O–H groups in total. The first-order valence-electron chi connectivity index (χ1n) is 7.49. The number of hydrogen-bond donors (Lipinski definition) is 2. The topological polar surface area (TPSA) is 74.4 Å². The van der Waals surface area contributed by atoms with E-state index in [-0.39, 0.29) is 23.6 Å². The van der Waals surface area contributed by atoms with Gasteiger partial charge in [-0.2, -0.15) is 0 Å². The van der Waals surface area contributed by atoms with Crippen molar-refractivity contribution in [2.75, 3.05) is 26.2 Å². The van der Waals surface area contributed by atoms with Crippen molar-refractivity contribution < 1.29 is 9.53 Å². The van der Waals surface area contributed by atoms with E-state index < -0.39 is 0 Å².